The molecule has 1 aromatic carbocycles. The Morgan fingerprint density at radius 2 is 1.56 bits per heavy atom. The van der Waals surface area contributed by atoms with E-state index >= 15 is 0 Å². The average molecular weight is 759 g/mol. The summed E-state index contributed by atoms with van der Waals surface area (Å²) < 4.78 is 85.7. The van der Waals surface area contributed by atoms with Crippen LogP contribution < -0.4 is 9.80 Å². The van der Waals surface area contributed by atoms with Crippen LogP contribution >= 0.6 is 0 Å². The topological polar surface area (TPSA) is 83.3 Å². The first-order chi connectivity index (χ1) is 25.1. The molecule has 1 aliphatic carbocycles. The standard InChI is InChI=1S/C39H48F6N8O/c1-9-24(2)20-51(21-26-10-11-26)34-28(16-32-25(3)49-53(35(32)48-34)37(4,5)6)23-52(36-46-18-29(19-47-36)33(54)12-13-50(7)8)22-27-14-30(38(40,41)42)17-31(15-27)39(43,44)45/h12-19,24,26H,9-11,20-23H2,1-8H3. The zero-order valence-electron chi connectivity index (χ0n) is 32.0. The van der Waals surface area contributed by atoms with Crippen LogP contribution in [-0.4, -0.2) is 62.6 Å². The zero-order chi connectivity index (χ0) is 39.7. The Morgan fingerprint density at radius 1 is 0.944 bits per heavy atom. The lowest BCUT2D eigenvalue weighted by molar-refractivity contribution is -0.143. The molecule has 0 bridgehead atoms. The molecule has 3 heterocycles. The minimum Gasteiger partial charge on any atom is -0.383 e. The van der Waals surface area contributed by atoms with E-state index in [9.17, 15) is 31.1 Å². The third-order valence-electron chi connectivity index (χ3n) is 9.35. The van der Waals surface area contributed by atoms with Gasteiger partial charge in [0.2, 0.25) is 5.95 Å². The summed E-state index contributed by atoms with van der Waals surface area (Å²) in [4.78, 5) is 32.3. The molecule has 9 nitrogen and oxygen atoms in total. The fourth-order valence-corrected chi connectivity index (χ4v) is 6.10. The summed E-state index contributed by atoms with van der Waals surface area (Å²) in [6.07, 6.45) is -1.45. The number of aromatic nitrogens is 5. The van der Waals surface area contributed by atoms with Gasteiger partial charge in [0.05, 0.1) is 27.9 Å². The Kier molecular flexibility index (Phi) is 11.7. The normalized spacial score (nSPS) is 14.6. The highest BCUT2D eigenvalue weighted by molar-refractivity contribution is 6.04. The Balaban J connectivity index is 1.69. The fourth-order valence-electron chi connectivity index (χ4n) is 6.10. The van der Waals surface area contributed by atoms with Crippen molar-refractivity contribution in [2.75, 3.05) is 37.0 Å². The SMILES string of the molecule is CCC(C)CN(CC1CC1)c1nc2c(cc1CN(Cc1cc(C(F)(F)F)cc(C(F)(F)F)c1)c1ncc(C(=O)C=CN(C)C)cn1)c(C)nn2C(C)(C)C. The molecular formula is C39H48F6N8O. The van der Waals surface area contributed by atoms with Gasteiger partial charge in [-0.15, -0.1) is 0 Å². The molecule has 15 heteroatoms. The zero-order valence-corrected chi connectivity index (χ0v) is 32.0. The van der Waals surface area contributed by atoms with E-state index in [4.69, 9.17) is 10.1 Å². The molecule has 5 rings (SSSR count). The van der Waals surface area contributed by atoms with Gasteiger partial charge in [0.25, 0.3) is 0 Å². The van der Waals surface area contributed by atoms with Crippen LogP contribution in [0.5, 0.6) is 0 Å². The average Bonchev–Trinajstić information content (AvgIpc) is 3.85. The van der Waals surface area contributed by atoms with Gasteiger partial charge in [-0.3, -0.25) is 4.79 Å². The lowest BCUT2D eigenvalue weighted by atomic mass is 10.0. The summed E-state index contributed by atoms with van der Waals surface area (Å²) in [6.45, 7) is 13.2. The first-order valence-electron chi connectivity index (χ1n) is 18.0. The molecule has 1 aliphatic rings. The van der Waals surface area contributed by atoms with Crippen LogP contribution in [0, 0.1) is 18.8 Å². The lowest BCUT2D eigenvalue weighted by Gasteiger charge is -2.31. The highest BCUT2D eigenvalue weighted by Gasteiger charge is 2.37. The second kappa shape index (κ2) is 15.6. The number of anilines is 2. The van der Waals surface area contributed by atoms with E-state index in [2.05, 4.69) is 28.7 Å². The predicted octanol–water partition coefficient (Wildman–Crippen LogP) is 9.05. The molecule has 0 amide bonds. The van der Waals surface area contributed by atoms with Crippen molar-refractivity contribution in [3.63, 3.8) is 0 Å². The number of aryl methyl sites for hydroxylation is 1. The molecule has 4 aromatic rings. The van der Waals surface area contributed by atoms with Crippen LogP contribution in [-0.2, 0) is 31.0 Å². The summed E-state index contributed by atoms with van der Waals surface area (Å²) in [5.41, 5.74) is -1.24. The molecule has 1 fully saturated rings. The number of fused-ring (bicyclic) bond motifs is 1. The van der Waals surface area contributed by atoms with E-state index in [0.29, 0.717) is 47.5 Å². The van der Waals surface area contributed by atoms with Gasteiger partial charge in [-0.25, -0.2) is 19.6 Å². The van der Waals surface area contributed by atoms with Crippen molar-refractivity contribution in [1.29, 1.82) is 0 Å². The number of hydrogen-bond acceptors (Lipinski definition) is 8. The molecule has 0 spiro atoms. The van der Waals surface area contributed by atoms with Crippen molar-refractivity contribution in [2.45, 2.75) is 91.8 Å². The first kappa shape index (κ1) is 40.5. The van der Waals surface area contributed by atoms with E-state index in [0.717, 1.165) is 36.9 Å². The molecule has 3 aromatic heterocycles. The van der Waals surface area contributed by atoms with Crippen LogP contribution in [0.4, 0.5) is 38.1 Å². The van der Waals surface area contributed by atoms with Crippen LogP contribution in [0.2, 0.25) is 0 Å². The maximum absolute atomic E-state index is 14.0. The van der Waals surface area contributed by atoms with Gasteiger partial charge in [0.1, 0.15) is 5.82 Å². The molecule has 1 atom stereocenters. The van der Waals surface area contributed by atoms with Crippen LogP contribution in [0.1, 0.15) is 92.2 Å². The summed E-state index contributed by atoms with van der Waals surface area (Å²) in [7, 11) is 3.51. The van der Waals surface area contributed by atoms with E-state index in [-0.39, 0.29) is 35.5 Å². The number of carbonyl (C=O) groups excluding carboxylic acids is 1. The molecule has 292 valence electrons. The largest absolute Gasteiger partial charge is 0.416 e. The highest BCUT2D eigenvalue weighted by Crippen LogP contribution is 2.38. The number of halogens is 6. The maximum atomic E-state index is 14.0. The third kappa shape index (κ3) is 9.89. The Labute approximate surface area is 312 Å². The van der Waals surface area contributed by atoms with E-state index in [1.807, 2.05) is 38.4 Å². The van der Waals surface area contributed by atoms with E-state index < -0.39 is 35.6 Å². The Hall–Kier alpha value is -4.69. The number of benzene rings is 1. The number of nitrogens with zero attached hydrogens (tertiary/aromatic N) is 8. The Morgan fingerprint density at radius 3 is 2.07 bits per heavy atom. The minimum atomic E-state index is -5.02. The summed E-state index contributed by atoms with van der Waals surface area (Å²) in [5.74, 6) is 1.08. The summed E-state index contributed by atoms with van der Waals surface area (Å²) in [5, 5.41) is 5.59. The molecule has 1 unspecified atom stereocenters. The molecule has 0 radical (unpaired) electrons. The van der Waals surface area contributed by atoms with Crippen molar-refractivity contribution in [1.82, 2.24) is 29.6 Å². The van der Waals surface area contributed by atoms with Gasteiger partial charge in [0.15, 0.2) is 11.4 Å². The fraction of sp³-hybridized carbons (Fsp3) is 0.513. The molecule has 1 saturated carbocycles. The van der Waals surface area contributed by atoms with E-state index in [1.54, 1.807) is 25.2 Å². The monoisotopic (exact) mass is 758 g/mol. The number of allylic oxidation sites excluding steroid dienone is 1. The Bertz CT molecular complexity index is 1940. The number of alkyl halides is 6. The third-order valence-corrected chi connectivity index (χ3v) is 9.35. The first-order valence-corrected chi connectivity index (χ1v) is 18.0. The second-order valence-electron chi connectivity index (χ2n) is 15.6. The van der Waals surface area contributed by atoms with Crippen molar-refractivity contribution in [2.24, 2.45) is 11.8 Å². The highest BCUT2D eigenvalue weighted by atomic mass is 19.4. The number of rotatable bonds is 14. The quantitative estimate of drug-likeness (QED) is 0.0716. The van der Waals surface area contributed by atoms with Gasteiger partial charge in [0, 0.05) is 75.9 Å². The molecular weight excluding hydrogens is 710 g/mol. The van der Waals surface area contributed by atoms with Crippen molar-refractivity contribution in [3.8, 4) is 0 Å². The summed E-state index contributed by atoms with van der Waals surface area (Å²) in [6, 6.07) is 3.51. The number of hydrogen-bond donors (Lipinski definition) is 0. The van der Waals surface area contributed by atoms with Gasteiger partial charge >= 0.3 is 12.4 Å². The number of ketones is 1. The van der Waals surface area contributed by atoms with Crippen LogP contribution in [0.15, 0.2) is 48.9 Å². The van der Waals surface area contributed by atoms with Crippen LogP contribution in [0.25, 0.3) is 11.0 Å². The molecule has 0 saturated heterocycles. The second-order valence-corrected chi connectivity index (χ2v) is 15.6. The smallest absolute Gasteiger partial charge is 0.383 e. The molecule has 0 aliphatic heterocycles. The minimum absolute atomic E-state index is 0.0120. The molecule has 54 heavy (non-hydrogen) atoms. The van der Waals surface area contributed by atoms with E-state index in [1.165, 1.54) is 23.4 Å². The van der Waals surface area contributed by atoms with Gasteiger partial charge in [-0.2, -0.15) is 31.4 Å². The van der Waals surface area contributed by atoms with Gasteiger partial charge in [-0.1, -0.05) is 20.3 Å². The van der Waals surface area contributed by atoms with Gasteiger partial charge in [-0.05, 0) is 82.2 Å². The predicted molar refractivity (Wildman–Crippen MR) is 197 cm³/mol. The van der Waals surface area contributed by atoms with Crippen molar-refractivity contribution >= 4 is 28.6 Å². The number of pyridine rings is 1. The van der Waals surface area contributed by atoms with Gasteiger partial charge < -0.3 is 14.7 Å². The van der Waals surface area contributed by atoms with Crippen LogP contribution in [0.3, 0.4) is 0 Å². The van der Waals surface area contributed by atoms with Crippen molar-refractivity contribution in [3.05, 3.63) is 82.4 Å². The molecule has 0 N–H and O–H groups in total. The number of carbonyl (C=O) groups is 1. The summed E-state index contributed by atoms with van der Waals surface area (Å²) >= 11 is 0. The van der Waals surface area contributed by atoms with Crippen molar-refractivity contribution < 1.29 is 31.1 Å². The lowest BCUT2D eigenvalue weighted by Crippen LogP contribution is -2.34. The maximum Gasteiger partial charge on any atom is 0.416 e.